The molecule has 2 rings (SSSR count). The lowest BCUT2D eigenvalue weighted by atomic mass is 10.2. The van der Waals surface area contributed by atoms with Crippen molar-refractivity contribution >= 4 is 41.5 Å². The molecule has 5 nitrogen and oxygen atoms in total. The Morgan fingerprint density at radius 2 is 2.13 bits per heavy atom. The van der Waals surface area contributed by atoms with Gasteiger partial charge in [0, 0.05) is 19.6 Å². The van der Waals surface area contributed by atoms with Crippen molar-refractivity contribution in [1.29, 1.82) is 0 Å². The van der Waals surface area contributed by atoms with Crippen LogP contribution in [0, 0.1) is 5.82 Å². The van der Waals surface area contributed by atoms with Crippen molar-refractivity contribution in [3.8, 4) is 0 Å². The fourth-order valence-electron chi connectivity index (χ4n) is 2.21. The number of benzene rings is 1. The largest absolute Gasteiger partial charge is 0.379 e. The number of morpholine rings is 1. The molecule has 8 heteroatoms. The number of rotatable bonds is 6. The molecule has 0 aromatic heterocycles. The number of guanidine groups is 1. The standard InChI is InChI=1S/C15H22ClFN4O.HI/c16-13-10-12(2-3-14(13)17)11-20-15(18)19-4-1-5-21-6-8-22-9-7-21;/h2-3,10H,1,4-9,11H2,(H3,18,19,20);1H. The molecule has 0 saturated carbocycles. The number of nitrogens with two attached hydrogens (primary N) is 1. The summed E-state index contributed by atoms with van der Waals surface area (Å²) in [5, 5.41) is 3.18. The Morgan fingerprint density at radius 1 is 1.39 bits per heavy atom. The number of hydrogen-bond donors (Lipinski definition) is 2. The second-order valence-corrected chi connectivity index (χ2v) is 5.59. The molecule has 1 aliphatic heterocycles. The van der Waals surface area contributed by atoms with Gasteiger partial charge in [-0.2, -0.15) is 0 Å². The fourth-order valence-corrected chi connectivity index (χ4v) is 2.42. The number of hydrogen-bond acceptors (Lipinski definition) is 3. The Labute approximate surface area is 158 Å². The molecule has 130 valence electrons. The number of aliphatic imine (C=N–C) groups is 1. The van der Waals surface area contributed by atoms with Crippen LogP contribution in [0.5, 0.6) is 0 Å². The van der Waals surface area contributed by atoms with Crippen molar-refractivity contribution in [2.75, 3.05) is 39.4 Å². The van der Waals surface area contributed by atoms with E-state index < -0.39 is 5.82 Å². The average Bonchev–Trinajstić information content (AvgIpc) is 2.54. The number of ether oxygens (including phenoxy) is 1. The minimum absolute atomic E-state index is 0. The molecule has 1 aromatic rings. The second-order valence-electron chi connectivity index (χ2n) is 5.18. The summed E-state index contributed by atoms with van der Waals surface area (Å²) in [4.78, 5) is 6.59. The highest BCUT2D eigenvalue weighted by molar-refractivity contribution is 14.0. The Bertz CT molecular complexity index is 512. The van der Waals surface area contributed by atoms with Crippen molar-refractivity contribution in [2.24, 2.45) is 10.7 Å². The van der Waals surface area contributed by atoms with Crippen LogP contribution >= 0.6 is 35.6 Å². The van der Waals surface area contributed by atoms with E-state index >= 15 is 0 Å². The topological polar surface area (TPSA) is 62.9 Å². The first-order valence-electron chi connectivity index (χ1n) is 7.43. The third kappa shape index (κ3) is 7.65. The van der Waals surface area contributed by atoms with E-state index in [9.17, 15) is 4.39 Å². The summed E-state index contributed by atoms with van der Waals surface area (Å²) in [5.74, 6) is -0.0361. The lowest BCUT2D eigenvalue weighted by molar-refractivity contribution is 0.0376. The third-order valence-corrected chi connectivity index (χ3v) is 3.77. The maximum atomic E-state index is 13.0. The second kappa shape index (κ2) is 11.0. The Kier molecular flexibility index (Phi) is 9.77. The lowest BCUT2D eigenvalue weighted by Gasteiger charge is -2.26. The van der Waals surface area contributed by atoms with Gasteiger partial charge in [-0.15, -0.1) is 24.0 Å². The van der Waals surface area contributed by atoms with Crippen molar-refractivity contribution in [3.05, 3.63) is 34.6 Å². The number of nitrogens with one attached hydrogen (secondary N) is 1. The summed E-state index contributed by atoms with van der Waals surface area (Å²) < 4.78 is 18.3. The molecule has 1 heterocycles. The van der Waals surface area contributed by atoms with E-state index in [0.29, 0.717) is 12.5 Å². The zero-order chi connectivity index (χ0) is 15.8. The van der Waals surface area contributed by atoms with Gasteiger partial charge in [0.25, 0.3) is 0 Å². The molecule has 0 unspecified atom stereocenters. The van der Waals surface area contributed by atoms with E-state index in [2.05, 4.69) is 15.2 Å². The van der Waals surface area contributed by atoms with Crippen LogP contribution in [0.1, 0.15) is 12.0 Å². The first-order chi connectivity index (χ1) is 10.6. The van der Waals surface area contributed by atoms with Gasteiger partial charge in [0.2, 0.25) is 0 Å². The summed E-state index contributed by atoms with van der Waals surface area (Å²) >= 11 is 5.72. The number of nitrogens with zero attached hydrogens (tertiary/aromatic N) is 2. The molecule has 0 bridgehead atoms. The minimum atomic E-state index is -0.427. The highest BCUT2D eigenvalue weighted by Gasteiger charge is 2.09. The highest BCUT2D eigenvalue weighted by atomic mass is 127. The van der Waals surface area contributed by atoms with Crippen molar-refractivity contribution in [3.63, 3.8) is 0 Å². The zero-order valence-corrected chi connectivity index (χ0v) is 16.0. The SMILES string of the molecule is I.NC(=NCc1ccc(F)c(Cl)c1)NCCCN1CCOCC1. The summed E-state index contributed by atoms with van der Waals surface area (Å²) in [6.45, 7) is 5.80. The van der Waals surface area contributed by atoms with Crippen molar-refractivity contribution in [2.45, 2.75) is 13.0 Å². The summed E-state index contributed by atoms with van der Waals surface area (Å²) in [7, 11) is 0. The monoisotopic (exact) mass is 456 g/mol. The third-order valence-electron chi connectivity index (χ3n) is 3.48. The predicted molar refractivity (Wildman–Crippen MR) is 102 cm³/mol. The first kappa shape index (κ1) is 20.4. The first-order valence-corrected chi connectivity index (χ1v) is 7.81. The van der Waals surface area contributed by atoms with Crippen LogP contribution in [0.15, 0.2) is 23.2 Å². The minimum Gasteiger partial charge on any atom is -0.379 e. The predicted octanol–water partition coefficient (Wildman–Crippen LogP) is 2.22. The normalized spacial score (nSPS) is 16.0. The van der Waals surface area contributed by atoms with E-state index in [1.165, 1.54) is 6.07 Å². The van der Waals surface area contributed by atoms with Gasteiger partial charge in [0.05, 0.1) is 24.8 Å². The molecule has 0 spiro atoms. The zero-order valence-electron chi connectivity index (χ0n) is 12.9. The van der Waals surface area contributed by atoms with Gasteiger partial charge in [0.1, 0.15) is 5.82 Å². The molecule has 0 atom stereocenters. The molecule has 0 amide bonds. The van der Waals surface area contributed by atoms with Gasteiger partial charge in [0.15, 0.2) is 5.96 Å². The maximum Gasteiger partial charge on any atom is 0.188 e. The van der Waals surface area contributed by atoms with E-state index in [-0.39, 0.29) is 29.0 Å². The van der Waals surface area contributed by atoms with Gasteiger partial charge < -0.3 is 15.8 Å². The van der Waals surface area contributed by atoms with Gasteiger partial charge >= 0.3 is 0 Å². The van der Waals surface area contributed by atoms with Crippen LogP contribution in [0.3, 0.4) is 0 Å². The van der Waals surface area contributed by atoms with Crippen LogP contribution in [-0.2, 0) is 11.3 Å². The van der Waals surface area contributed by atoms with Gasteiger partial charge in [-0.1, -0.05) is 17.7 Å². The van der Waals surface area contributed by atoms with E-state index in [0.717, 1.165) is 51.4 Å². The summed E-state index contributed by atoms with van der Waals surface area (Å²) in [5.41, 5.74) is 6.63. The highest BCUT2D eigenvalue weighted by Crippen LogP contribution is 2.16. The van der Waals surface area contributed by atoms with Crippen LogP contribution in [-0.4, -0.2) is 50.3 Å². The van der Waals surface area contributed by atoms with Gasteiger partial charge in [-0.25, -0.2) is 9.38 Å². The number of halogens is 3. The van der Waals surface area contributed by atoms with Crippen molar-refractivity contribution < 1.29 is 9.13 Å². The Balaban J connectivity index is 0.00000264. The van der Waals surface area contributed by atoms with Crippen LogP contribution in [0.4, 0.5) is 4.39 Å². The van der Waals surface area contributed by atoms with Gasteiger partial charge in [-0.05, 0) is 30.7 Å². The summed E-state index contributed by atoms with van der Waals surface area (Å²) in [6.07, 6.45) is 0.999. The molecule has 0 aliphatic carbocycles. The molecule has 3 N–H and O–H groups in total. The molecular formula is C15H23ClFIN4O. The summed E-state index contributed by atoms with van der Waals surface area (Å²) in [6, 6.07) is 4.54. The molecule has 1 fully saturated rings. The average molecular weight is 457 g/mol. The maximum absolute atomic E-state index is 13.0. The molecule has 0 radical (unpaired) electrons. The van der Waals surface area contributed by atoms with Crippen molar-refractivity contribution in [1.82, 2.24) is 10.2 Å². The van der Waals surface area contributed by atoms with Crippen LogP contribution < -0.4 is 11.1 Å². The lowest BCUT2D eigenvalue weighted by Crippen LogP contribution is -2.39. The quantitative estimate of drug-likeness (QED) is 0.298. The Hall–Kier alpha value is -0.640. The van der Waals surface area contributed by atoms with Gasteiger partial charge in [-0.3, -0.25) is 4.90 Å². The Morgan fingerprint density at radius 3 is 2.83 bits per heavy atom. The van der Waals surface area contributed by atoms with E-state index in [1.54, 1.807) is 12.1 Å². The molecule has 1 aromatic carbocycles. The smallest absolute Gasteiger partial charge is 0.188 e. The molecule has 1 aliphatic rings. The van der Waals surface area contributed by atoms with E-state index in [1.807, 2.05) is 0 Å². The molecule has 1 saturated heterocycles. The van der Waals surface area contributed by atoms with Crippen LogP contribution in [0.2, 0.25) is 5.02 Å². The fraction of sp³-hybridized carbons (Fsp3) is 0.533. The van der Waals surface area contributed by atoms with Crippen LogP contribution in [0.25, 0.3) is 0 Å². The molecule has 23 heavy (non-hydrogen) atoms. The van der Waals surface area contributed by atoms with E-state index in [4.69, 9.17) is 22.1 Å². The molecular weight excluding hydrogens is 434 g/mol.